The highest BCUT2D eigenvalue weighted by Crippen LogP contribution is 2.36. The van der Waals surface area contributed by atoms with E-state index >= 15 is 0 Å². The molecule has 0 amide bonds. The Balaban J connectivity index is 1.84. The first-order valence-corrected chi connectivity index (χ1v) is 6.71. The number of rotatable bonds is 1. The molecule has 0 saturated carbocycles. The number of benzene rings is 1. The number of piperidine rings is 1. The summed E-state index contributed by atoms with van der Waals surface area (Å²) in [4.78, 5) is 6.33. The smallest absolute Gasteiger partial charge is 0.356 e. The summed E-state index contributed by atoms with van der Waals surface area (Å²) in [6, 6.07) is 9.75. The molecule has 1 aliphatic heterocycles. The number of nitrogens with zero attached hydrogens (tertiary/aromatic N) is 2. The van der Waals surface area contributed by atoms with E-state index in [2.05, 4.69) is 4.98 Å². The second-order valence-corrected chi connectivity index (χ2v) is 5.16. The molecule has 1 aromatic carbocycles. The third-order valence-corrected chi connectivity index (χ3v) is 3.91. The number of hydrogen-bond acceptors (Lipinski definition) is 2. The maximum absolute atomic E-state index is 12.7. The Kier molecular flexibility index (Phi) is 3.28. The molecule has 106 valence electrons. The van der Waals surface area contributed by atoms with Gasteiger partial charge < -0.3 is 4.90 Å². The lowest BCUT2D eigenvalue weighted by atomic mass is 9.96. The monoisotopic (exact) mass is 280 g/mol. The second-order valence-electron chi connectivity index (χ2n) is 5.16. The summed E-state index contributed by atoms with van der Waals surface area (Å²) in [5.74, 6) is -0.377. The van der Waals surface area contributed by atoms with E-state index < -0.39 is 12.1 Å². The van der Waals surface area contributed by atoms with Crippen LogP contribution in [0.4, 0.5) is 19.0 Å². The molecule has 0 N–H and O–H groups in total. The van der Waals surface area contributed by atoms with Gasteiger partial charge in [0.05, 0.1) is 5.92 Å². The van der Waals surface area contributed by atoms with Crippen LogP contribution in [0.5, 0.6) is 0 Å². The fraction of sp³-hybridized carbons (Fsp3) is 0.400. The molecule has 1 saturated heterocycles. The summed E-state index contributed by atoms with van der Waals surface area (Å²) in [7, 11) is 0. The van der Waals surface area contributed by atoms with Crippen molar-refractivity contribution < 1.29 is 13.2 Å². The van der Waals surface area contributed by atoms with E-state index in [1.54, 1.807) is 6.20 Å². The number of aromatic nitrogens is 1. The van der Waals surface area contributed by atoms with Crippen LogP contribution in [0.1, 0.15) is 12.8 Å². The van der Waals surface area contributed by atoms with Gasteiger partial charge in [0.15, 0.2) is 0 Å². The lowest BCUT2D eigenvalue weighted by molar-refractivity contribution is -0.179. The molecule has 0 radical (unpaired) electrons. The van der Waals surface area contributed by atoms with Crippen LogP contribution in [-0.2, 0) is 0 Å². The molecule has 20 heavy (non-hydrogen) atoms. The van der Waals surface area contributed by atoms with Gasteiger partial charge in [0.1, 0.15) is 5.82 Å². The Morgan fingerprint density at radius 3 is 2.45 bits per heavy atom. The van der Waals surface area contributed by atoms with Gasteiger partial charge in [-0.25, -0.2) is 4.98 Å². The van der Waals surface area contributed by atoms with E-state index in [9.17, 15) is 13.2 Å². The third kappa shape index (κ3) is 2.44. The lowest BCUT2D eigenvalue weighted by Gasteiger charge is -2.34. The van der Waals surface area contributed by atoms with Crippen LogP contribution in [0.2, 0.25) is 0 Å². The molecule has 5 heteroatoms. The Bertz CT molecular complexity index is 596. The molecule has 3 rings (SSSR count). The van der Waals surface area contributed by atoms with Crippen LogP contribution in [0.15, 0.2) is 36.5 Å². The molecule has 2 heterocycles. The number of halogens is 3. The topological polar surface area (TPSA) is 16.1 Å². The molecule has 0 spiro atoms. The van der Waals surface area contributed by atoms with Gasteiger partial charge in [-0.1, -0.05) is 24.3 Å². The maximum Gasteiger partial charge on any atom is 0.391 e. The van der Waals surface area contributed by atoms with Gasteiger partial charge >= 0.3 is 6.18 Å². The zero-order valence-corrected chi connectivity index (χ0v) is 10.9. The molecule has 0 aliphatic carbocycles. The summed E-state index contributed by atoms with van der Waals surface area (Å²) in [5, 5.41) is 2.07. The number of hydrogen-bond donors (Lipinski definition) is 0. The van der Waals surface area contributed by atoms with Gasteiger partial charge in [0.25, 0.3) is 0 Å². The van der Waals surface area contributed by atoms with E-state index in [-0.39, 0.29) is 12.8 Å². The van der Waals surface area contributed by atoms with Crippen LogP contribution in [-0.4, -0.2) is 24.2 Å². The molecule has 1 fully saturated rings. The molecular formula is C15H15F3N2. The second kappa shape index (κ2) is 4.96. The van der Waals surface area contributed by atoms with Gasteiger partial charge in [-0.15, -0.1) is 0 Å². The van der Waals surface area contributed by atoms with Gasteiger partial charge in [-0.3, -0.25) is 0 Å². The van der Waals surface area contributed by atoms with Crippen LogP contribution in [0.3, 0.4) is 0 Å². The average Bonchev–Trinajstić information content (AvgIpc) is 2.46. The van der Waals surface area contributed by atoms with Crippen molar-refractivity contribution in [3.05, 3.63) is 36.5 Å². The Morgan fingerprint density at radius 1 is 1.05 bits per heavy atom. The van der Waals surface area contributed by atoms with E-state index in [0.29, 0.717) is 13.1 Å². The first-order valence-electron chi connectivity index (χ1n) is 6.71. The molecule has 1 aliphatic rings. The van der Waals surface area contributed by atoms with E-state index in [0.717, 1.165) is 16.6 Å². The summed E-state index contributed by atoms with van der Waals surface area (Å²) in [6.45, 7) is 0.816. The summed E-state index contributed by atoms with van der Waals surface area (Å²) in [5.41, 5.74) is 0. The minimum absolute atomic E-state index is 0.147. The highest BCUT2D eigenvalue weighted by molar-refractivity contribution is 5.92. The standard InChI is InChI=1S/C15H15F3N2/c16-15(17,18)12-6-9-20(10-7-12)14-13-4-2-1-3-11(13)5-8-19-14/h1-5,8,12H,6-7,9-10H2. The zero-order chi connectivity index (χ0) is 14.2. The predicted molar refractivity (Wildman–Crippen MR) is 72.7 cm³/mol. The minimum atomic E-state index is -4.07. The highest BCUT2D eigenvalue weighted by atomic mass is 19.4. The van der Waals surface area contributed by atoms with Gasteiger partial charge in [0.2, 0.25) is 0 Å². The number of alkyl halides is 3. The fourth-order valence-corrected chi connectivity index (χ4v) is 2.77. The predicted octanol–water partition coefficient (Wildman–Crippen LogP) is 4.01. The third-order valence-electron chi connectivity index (χ3n) is 3.91. The quantitative estimate of drug-likeness (QED) is 0.784. The van der Waals surface area contributed by atoms with Crippen molar-refractivity contribution in [3.63, 3.8) is 0 Å². The first kappa shape index (κ1) is 13.2. The van der Waals surface area contributed by atoms with Gasteiger partial charge in [-0.2, -0.15) is 13.2 Å². The van der Waals surface area contributed by atoms with Gasteiger partial charge in [0, 0.05) is 24.7 Å². The molecule has 0 bridgehead atoms. The van der Waals surface area contributed by atoms with Crippen molar-refractivity contribution in [1.29, 1.82) is 0 Å². The Morgan fingerprint density at radius 2 is 1.75 bits per heavy atom. The number of pyridine rings is 1. The van der Waals surface area contributed by atoms with Crippen LogP contribution < -0.4 is 4.90 Å². The van der Waals surface area contributed by atoms with E-state index in [1.165, 1.54) is 0 Å². The lowest BCUT2D eigenvalue weighted by Crippen LogP contribution is -2.39. The highest BCUT2D eigenvalue weighted by Gasteiger charge is 2.41. The maximum atomic E-state index is 12.7. The normalized spacial score (nSPS) is 17.6. The molecular weight excluding hydrogens is 265 g/mol. The molecule has 0 atom stereocenters. The molecule has 2 nitrogen and oxygen atoms in total. The number of anilines is 1. The molecule has 1 aromatic heterocycles. The Labute approximate surface area is 115 Å². The number of fused-ring (bicyclic) bond motifs is 1. The zero-order valence-electron chi connectivity index (χ0n) is 10.9. The minimum Gasteiger partial charge on any atom is -0.356 e. The van der Waals surface area contributed by atoms with Crippen molar-refractivity contribution in [2.75, 3.05) is 18.0 Å². The molecule has 2 aromatic rings. The van der Waals surface area contributed by atoms with Crippen LogP contribution in [0, 0.1) is 5.92 Å². The van der Waals surface area contributed by atoms with Crippen molar-refractivity contribution in [3.8, 4) is 0 Å². The van der Waals surface area contributed by atoms with Crippen molar-refractivity contribution in [1.82, 2.24) is 4.98 Å². The average molecular weight is 280 g/mol. The summed E-state index contributed by atoms with van der Waals surface area (Å²) >= 11 is 0. The first-order chi connectivity index (χ1) is 9.55. The van der Waals surface area contributed by atoms with E-state index in [1.807, 2.05) is 35.2 Å². The van der Waals surface area contributed by atoms with Crippen molar-refractivity contribution >= 4 is 16.6 Å². The van der Waals surface area contributed by atoms with Crippen LogP contribution >= 0.6 is 0 Å². The van der Waals surface area contributed by atoms with Crippen LogP contribution in [0.25, 0.3) is 10.8 Å². The van der Waals surface area contributed by atoms with Crippen molar-refractivity contribution in [2.45, 2.75) is 19.0 Å². The van der Waals surface area contributed by atoms with E-state index in [4.69, 9.17) is 0 Å². The summed E-state index contributed by atoms with van der Waals surface area (Å²) in [6.07, 6.45) is -2.06. The molecule has 0 unspecified atom stereocenters. The summed E-state index contributed by atoms with van der Waals surface area (Å²) < 4.78 is 38.1. The SMILES string of the molecule is FC(F)(F)C1CCN(c2nccc3ccccc23)CC1. The largest absolute Gasteiger partial charge is 0.391 e. The van der Waals surface area contributed by atoms with Gasteiger partial charge in [-0.05, 0) is 24.3 Å². The van der Waals surface area contributed by atoms with Crippen molar-refractivity contribution in [2.24, 2.45) is 5.92 Å². The fourth-order valence-electron chi connectivity index (χ4n) is 2.77. The Hall–Kier alpha value is -1.78.